The molecule has 1 N–H and O–H groups in total. The highest BCUT2D eigenvalue weighted by atomic mass is 16.5. The van der Waals surface area contributed by atoms with Gasteiger partial charge in [0.05, 0.1) is 6.61 Å². The molecule has 0 bridgehead atoms. The average molecular weight is 144 g/mol. The molecule has 0 aromatic heterocycles. The summed E-state index contributed by atoms with van der Waals surface area (Å²) < 4.78 is 4.73. The molecule has 3 nitrogen and oxygen atoms in total. The van der Waals surface area contributed by atoms with E-state index in [4.69, 9.17) is 4.74 Å². The van der Waals surface area contributed by atoms with Gasteiger partial charge in [0, 0.05) is 0 Å². The Balaban J connectivity index is 3.49. The second-order valence-electron chi connectivity index (χ2n) is 1.93. The summed E-state index contributed by atoms with van der Waals surface area (Å²) in [4.78, 5) is 10.8. The van der Waals surface area contributed by atoms with Crippen molar-refractivity contribution in [2.75, 3.05) is 13.2 Å². The SMILES string of the molecule is [CH2]CNC(C)C(=O)OCC. The Morgan fingerprint density at radius 2 is 2.40 bits per heavy atom. The van der Waals surface area contributed by atoms with Crippen molar-refractivity contribution < 1.29 is 9.53 Å². The van der Waals surface area contributed by atoms with Crippen LogP contribution in [-0.4, -0.2) is 25.2 Å². The minimum absolute atomic E-state index is 0.217. The summed E-state index contributed by atoms with van der Waals surface area (Å²) in [6, 6.07) is -0.238. The van der Waals surface area contributed by atoms with Crippen molar-refractivity contribution in [2.45, 2.75) is 19.9 Å². The van der Waals surface area contributed by atoms with Crippen LogP contribution in [0.15, 0.2) is 0 Å². The molecule has 59 valence electrons. The van der Waals surface area contributed by atoms with E-state index in [0.717, 1.165) is 0 Å². The maximum atomic E-state index is 10.8. The number of nitrogens with one attached hydrogen (secondary N) is 1. The third-order valence-corrected chi connectivity index (χ3v) is 1.09. The molecular weight excluding hydrogens is 130 g/mol. The summed E-state index contributed by atoms with van der Waals surface area (Å²) >= 11 is 0. The first-order valence-electron chi connectivity index (χ1n) is 3.41. The van der Waals surface area contributed by atoms with E-state index in [-0.39, 0.29) is 12.0 Å². The molecule has 0 aliphatic heterocycles. The Hall–Kier alpha value is -0.570. The topological polar surface area (TPSA) is 38.3 Å². The van der Waals surface area contributed by atoms with Crippen molar-refractivity contribution in [1.82, 2.24) is 5.32 Å². The first-order valence-corrected chi connectivity index (χ1v) is 3.41. The Bertz CT molecular complexity index is 104. The van der Waals surface area contributed by atoms with Crippen molar-refractivity contribution in [3.8, 4) is 0 Å². The lowest BCUT2D eigenvalue weighted by molar-refractivity contribution is -0.145. The van der Waals surface area contributed by atoms with Crippen LogP contribution in [0.25, 0.3) is 0 Å². The van der Waals surface area contributed by atoms with E-state index in [0.29, 0.717) is 13.2 Å². The Morgan fingerprint density at radius 1 is 1.80 bits per heavy atom. The van der Waals surface area contributed by atoms with Crippen LogP contribution in [0, 0.1) is 6.92 Å². The molecule has 0 fully saturated rings. The van der Waals surface area contributed by atoms with E-state index in [1.165, 1.54) is 0 Å². The first-order chi connectivity index (χ1) is 4.72. The molecule has 0 spiro atoms. The largest absolute Gasteiger partial charge is 0.465 e. The molecule has 0 aromatic rings. The first kappa shape index (κ1) is 9.43. The number of esters is 1. The summed E-state index contributed by atoms with van der Waals surface area (Å²) in [7, 11) is 0. The van der Waals surface area contributed by atoms with Crippen molar-refractivity contribution in [1.29, 1.82) is 0 Å². The van der Waals surface area contributed by atoms with E-state index in [9.17, 15) is 4.79 Å². The molecule has 1 atom stereocenters. The Labute approximate surface area is 61.8 Å². The average Bonchev–Trinajstić information content (AvgIpc) is 1.89. The maximum absolute atomic E-state index is 10.8. The highest BCUT2D eigenvalue weighted by molar-refractivity contribution is 5.75. The molecule has 0 saturated carbocycles. The lowest BCUT2D eigenvalue weighted by Gasteiger charge is -2.09. The quantitative estimate of drug-likeness (QED) is 0.579. The fourth-order valence-electron chi connectivity index (χ4n) is 0.567. The van der Waals surface area contributed by atoms with Gasteiger partial charge >= 0.3 is 5.97 Å². The van der Waals surface area contributed by atoms with E-state index in [1.807, 2.05) is 0 Å². The van der Waals surface area contributed by atoms with E-state index >= 15 is 0 Å². The van der Waals surface area contributed by atoms with Crippen LogP contribution in [0.4, 0.5) is 0 Å². The molecule has 3 heteroatoms. The normalized spacial score (nSPS) is 12.7. The van der Waals surface area contributed by atoms with Gasteiger partial charge in [-0.25, -0.2) is 0 Å². The zero-order valence-electron chi connectivity index (χ0n) is 6.52. The van der Waals surface area contributed by atoms with Crippen LogP contribution in [0.2, 0.25) is 0 Å². The van der Waals surface area contributed by atoms with Crippen molar-refractivity contribution in [2.24, 2.45) is 0 Å². The van der Waals surface area contributed by atoms with Gasteiger partial charge in [-0.2, -0.15) is 0 Å². The lowest BCUT2D eigenvalue weighted by atomic mass is 10.3. The minimum Gasteiger partial charge on any atom is -0.465 e. The third kappa shape index (κ3) is 3.45. The molecule has 0 aromatic carbocycles. The molecule has 0 aliphatic carbocycles. The van der Waals surface area contributed by atoms with Gasteiger partial charge in [0.2, 0.25) is 0 Å². The van der Waals surface area contributed by atoms with Crippen molar-refractivity contribution in [3.05, 3.63) is 6.92 Å². The minimum atomic E-state index is -0.238. The van der Waals surface area contributed by atoms with Gasteiger partial charge in [0.15, 0.2) is 0 Å². The second-order valence-corrected chi connectivity index (χ2v) is 1.93. The second kappa shape index (κ2) is 5.23. The van der Waals surface area contributed by atoms with Gasteiger partial charge in [0.1, 0.15) is 6.04 Å². The standard InChI is InChI=1S/C7H14NO2/c1-4-8-6(3)7(9)10-5-2/h6,8H,1,4-5H2,2-3H3. The van der Waals surface area contributed by atoms with Crippen LogP contribution in [0.3, 0.4) is 0 Å². The number of carbonyl (C=O) groups excluding carboxylic acids is 1. The Kier molecular flexibility index (Phi) is 4.94. The zero-order valence-corrected chi connectivity index (χ0v) is 6.52. The summed E-state index contributed by atoms with van der Waals surface area (Å²) in [5.41, 5.74) is 0. The molecule has 0 aliphatic rings. The molecule has 1 radical (unpaired) electrons. The third-order valence-electron chi connectivity index (χ3n) is 1.09. The highest BCUT2D eigenvalue weighted by Crippen LogP contribution is 1.85. The number of hydrogen-bond acceptors (Lipinski definition) is 3. The monoisotopic (exact) mass is 144 g/mol. The highest BCUT2D eigenvalue weighted by Gasteiger charge is 2.10. The molecule has 1 unspecified atom stereocenters. The predicted molar refractivity (Wildman–Crippen MR) is 39.5 cm³/mol. The van der Waals surface area contributed by atoms with Gasteiger partial charge < -0.3 is 10.1 Å². The van der Waals surface area contributed by atoms with Crippen LogP contribution < -0.4 is 5.32 Å². The molecular formula is C7H14NO2. The van der Waals surface area contributed by atoms with Crippen molar-refractivity contribution in [3.63, 3.8) is 0 Å². The molecule has 0 saturated heterocycles. The lowest BCUT2D eigenvalue weighted by Crippen LogP contribution is -2.35. The molecule has 10 heavy (non-hydrogen) atoms. The van der Waals surface area contributed by atoms with Gasteiger partial charge in [0.25, 0.3) is 0 Å². The zero-order chi connectivity index (χ0) is 7.98. The van der Waals surface area contributed by atoms with Crippen LogP contribution in [0.1, 0.15) is 13.8 Å². The molecule has 0 amide bonds. The van der Waals surface area contributed by atoms with Gasteiger partial charge in [-0.15, -0.1) is 0 Å². The number of carbonyl (C=O) groups is 1. The number of rotatable bonds is 4. The van der Waals surface area contributed by atoms with E-state index < -0.39 is 0 Å². The van der Waals surface area contributed by atoms with Crippen LogP contribution in [0.5, 0.6) is 0 Å². The van der Waals surface area contributed by atoms with Gasteiger partial charge in [-0.05, 0) is 27.3 Å². The molecule has 0 rings (SSSR count). The van der Waals surface area contributed by atoms with E-state index in [2.05, 4.69) is 12.2 Å². The van der Waals surface area contributed by atoms with Crippen LogP contribution >= 0.6 is 0 Å². The predicted octanol–water partition coefficient (Wildman–Crippen LogP) is 0.362. The summed E-state index contributed by atoms with van der Waals surface area (Å²) in [6.45, 7) is 8.06. The number of hydrogen-bond donors (Lipinski definition) is 1. The van der Waals surface area contributed by atoms with E-state index in [1.54, 1.807) is 13.8 Å². The maximum Gasteiger partial charge on any atom is 0.322 e. The fourth-order valence-corrected chi connectivity index (χ4v) is 0.567. The fraction of sp³-hybridized carbons (Fsp3) is 0.714. The Morgan fingerprint density at radius 3 is 2.80 bits per heavy atom. The molecule has 0 heterocycles. The van der Waals surface area contributed by atoms with Crippen LogP contribution in [-0.2, 0) is 9.53 Å². The summed E-state index contributed by atoms with van der Waals surface area (Å²) in [6.07, 6.45) is 0. The van der Waals surface area contributed by atoms with Crippen molar-refractivity contribution >= 4 is 5.97 Å². The summed E-state index contributed by atoms with van der Waals surface area (Å²) in [5, 5.41) is 2.84. The summed E-state index contributed by atoms with van der Waals surface area (Å²) in [5.74, 6) is -0.217. The van der Waals surface area contributed by atoms with Gasteiger partial charge in [-0.1, -0.05) is 0 Å². The smallest absolute Gasteiger partial charge is 0.322 e. The van der Waals surface area contributed by atoms with Gasteiger partial charge in [-0.3, -0.25) is 4.79 Å². The number of ether oxygens (including phenoxy) is 1.